The van der Waals surface area contributed by atoms with Crippen LogP contribution in [0.4, 0.5) is 4.39 Å². The van der Waals surface area contributed by atoms with Crippen molar-refractivity contribution < 1.29 is 28.2 Å². The van der Waals surface area contributed by atoms with Crippen LogP contribution in [0.25, 0.3) is 5.57 Å². The molecule has 0 saturated carbocycles. The Morgan fingerprint density at radius 2 is 1.93 bits per heavy atom. The second kappa shape index (κ2) is 8.90. The summed E-state index contributed by atoms with van der Waals surface area (Å²) < 4.78 is 29.7. The first kappa shape index (κ1) is 20.6. The fourth-order valence-corrected chi connectivity index (χ4v) is 3.68. The number of hydrogen-bond acceptors (Lipinski definition) is 5. The molecule has 1 aliphatic rings. The Balaban J connectivity index is 2.07. The van der Waals surface area contributed by atoms with Crippen LogP contribution in [0.2, 0.25) is 0 Å². The van der Waals surface area contributed by atoms with Gasteiger partial charge in [-0.2, -0.15) is 0 Å². The molecule has 0 radical (unpaired) electrons. The molecule has 0 fully saturated rings. The maximum atomic E-state index is 13.9. The van der Waals surface area contributed by atoms with Crippen LogP contribution in [-0.2, 0) is 14.3 Å². The Hall–Kier alpha value is -3.15. The van der Waals surface area contributed by atoms with E-state index in [9.17, 15) is 14.0 Å². The third-order valence-corrected chi connectivity index (χ3v) is 5.04. The van der Waals surface area contributed by atoms with Gasteiger partial charge >= 0.3 is 5.97 Å². The van der Waals surface area contributed by atoms with Crippen molar-refractivity contribution in [2.75, 3.05) is 20.8 Å². The van der Waals surface area contributed by atoms with E-state index in [1.54, 1.807) is 38.3 Å². The van der Waals surface area contributed by atoms with Gasteiger partial charge in [0.15, 0.2) is 5.78 Å². The van der Waals surface area contributed by atoms with Crippen LogP contribution in [0.1, 0.15) is 30.4 Å². The Labute approximate surface area is 169 Å². The van der Waals surface area contributed by atoms with Crippen molar-refractivity contribution in [3.8, 4) is 11.5 Å². The maximum Gasteiger partial charge on any atom is 0.317 e. The number of halogens is 1. The molecule has 0 bridgehead atoms. The van der Waals surface area contributed by atoms with Gasteiger partial charge in [-0.25, -0.2) is 4.39 Å². The summed E-state index contributed by atoms with van der Waals surface area (Å²) in [6, 6.07) is 11.3. The smallest absolute Gasteiger partial charge is 0.317 e. The minimum Gasteiger partial charge on any atom is -0.497 e. The second-order valence-electron chi connectivity index (χ2n) is 6.73. The summed E-state index contributed by atoms with van der Waals surface area (Å²) in [7, 11) is 3.09. The third kappa shape index (κ3) is 4.31. The van der Waals surface area contributed by atoms with Gasteiger partial charge < -0.3 is 14.2 Å². The van der Waals surface area contributed by atoms with Crippen LogP contribution >= 0.6 is 0 Å². The molecule has 2 atom stereocenters. The number of rotatable bonds is 6. The maximum absolute atomic E-state index is 13.9. The van der Waals surface area contributed by atoms with Crippen molar-refractivity contribution in [1.29, 1.82) is 0 Å². The van der Waals surface area contributed by atoms with Crippen LogP contribution in [0.3, 0.4) is 0 Å². The largest absolute Gasteiger partial charge is 0.497 e. The standard InChI is InChI=1S/C23H23FO5/c1-4-29-23(26)22-19(14-6-5-7-16(24)10-14)11-15(12-20(22)25)18-9-8-17(27-2)13-21(18)28-3/h5-10,12-13,19,22H,4,11H2,1-3H3/t19-,22+/m0/s1. The van der Waals surface area contributed by atoms with Crippen LogP contribution in [0.15, 0.2) is 48.5 Å². The number of carbonyl (C=O) groups is 2. The Kier molecular flexibility index (Phi) is 6.32. The summed E-state index contributed by atoms with van der Waals surface area (Å²) in [5, 5.41) is 0. The van der Waals surface area contributed by atoms with E-state index in [0.29, 0.717) is 29.1 Å². The lowest BCUT2D eigenvalue weighted by atomic mass is 9.73. The molecule has 0 spiro atoms. The highest BCUT2D eigenvalue weighted by atomic mass is 19.1. The highest BCUT2D eigenvalue weighted by Gasteiger charge is 2.40. The van der Waals surface area contributed by atoms with Crippen LogP contribution < -0.4 is 9.47 Å². The zero-order chi connectivity index (χ0) is 21.0. The first-order chi connectivity index (χ1) is 14.0. The molecular formula is C23H23FO5. The predicted octanol–water partition coefficient (Wildman–Crippen LogP) is 4.16. The van der Waals surface area contributed by atoms with Crippen LogP contribution in [0, 0.1) is 11.7 Å². The van der Waals surface area contributed by atoms with Crippen molar-refractivity contribution in [3.05, 3.63) is 65.5 Å². The second-order valence-corrected chi connectivity index (χ2v) is 6.73. The number of carbonyl (C=O) groups excluding carboxylic acids is 2. The van der Waals surface area contributed by atoms with E-state index in [1.165, 1.54) is 25.3 Å². The first-order valence-corrected chi connectivity index (χ1v) is 9.37. The molecule has 0 aromatic heterocycles. The lowest BCUT2D eigenvalue weighted by molar-refractivity contribution is -0.151. The third-order valence-electron chi connectivity index (χ3n) is 5.04. The highest BCUT2D eigenvalue weighted by Crippen LogP contribution is 2.43. The topological polar surface area (TPSA) is 61.8 Å². The number of hydrogen-bond donors (Lipinski definition) is 0. The molecule has 6 heteroatoms. The van der Waals surface area contributed by atoms with Gasteiger partial charge in [-0.05, 0) is 54.8 Å². The zero-order valence-corrected chi connectivity index (χ0v) is 16.6. The number of ether oxygens (including phenoxy) is 3. The molecule has 2 aromatic carbocycles. The molecular weight excluding hydrogens is 375 g/mol. The summed E-state index contributed by atoms with van der Waals surface area (Å²) in [6.45, 7) is 1.85. The zero-order valence-electron chi connectivity index (χ0n) is 16.6. The number of benzene rings is 2. The monoisotopic (exact) mass is 398 g/mol. The molecule has 0 amide bonds. The van der Waals surface area contributed by atoms with E-state index in [1.807, 2.05) is 6.07 Å². The quantitative estimate of drug-likeness (QED) is 0.540. The van der Waals surface area contributed by atoms with E-state index in [2.05, 4.69) is 0 Å². The van der Waals surface area contributed by atoms with Gasteiger partial charge in [0.1, 0.15) is 23.2 Å². The van der Waals surface area contributed by atoms with Gasteiger partial charge in [-0.15, -0.1) is 0 Å². The van der Waals surface area contributed by atoms with Gasteiger partial charge in [0.05, 0.1) is 20.8 Å². The van der Waals surface area contributed by atoms with Crippen molar-refractivity contribution in [2.24, 2.45) is 5.92 Å². The van der Waals surface area contributed by atoms with Gasteiger partial charge in [0.25, 0.3) is 0 Å². The molecule has 0 aliphatic heterocycles. The van der Waals surface area contributed by atoms with E-state index in [4.69, 9.17) is 14.2 Å². The summed E-state index contributed by atoms with van der Waals surface area (Å²) in [5.41, 5.74) is 2.02. The molecule has 0 unspecified atom stereocenters. The average molecular weight is 398 g/mol. The van der Waals surface area contributed by atoms with Gasteiger partial charge in [0, 0.05) is 17.5 Å². The lowest BCUT2D eigenvalue weighted by Gasteiger charge is -2.30. The van der Waals surface area contributed by atoms with E-state index in [0.717, 1.165) is 5.56 Å². The normalized spacial score (nSPS) is 18.8. The summed E-state index contributed by atoms with van der Waals surface area (Å²) in [5.74, 6) is -1.75. The molecule has 1 aliphatic carbocycles. The summed E-state index contributed by atoms with van der Waals surface area (Å²) in [6.07, 6.45) is 1.82. The summed E-state index contributed by atoms with van der Waals surface area (Å²) in [4.78, 5) is 25.5. The molecule has 5 nitrogen and oxygen atoms in total. The van der Waals surface area contributed by atoms with Gasteiger partial charge in [-0.1, -0.05) is 12.1 Å². The minimum atomic E-state index is -1.01. The van der Waals surface area contributed by atoms with Crippen LogP contribution in [0.5, 0.6) is 11.5 Å². The minimum absolute atomic E-state index is 0.168. The van der Waals surface area contributed by atoms with E-state index < -0.39 is 23.6 Å². The van der Waals surface area contributed by atoms with Gasteiger partial charge in [0.2, 0.25) is 0 Å². The Bertz CT molecular complexity index is 950. The number of allylic oxidation sites excluding steroid dienone is 2. The highest BCUT2D eigenvalue weighted by molar-refractivity contribution is 6.11. The van der Waals surface area contributed by atoms with Crippen LogP contribution in [-0.4, -0.2) is 32.6 Å². The molecule has 0 saturated heterocycles. The van der Waals surface area contributed by atoms with E-state index >= 15 is 0 Å². The van der Waals surface area contributed by atoms with E-state index in [-0.39, 0.29) is 12.4 Å². The number of methoxy groups -OCH3 is 2. The molecule has 3 rings (SSSR count). The van der Waals surface area contributed by atoms with Crippen molar-refractivity contribution in [3.63, 3.8) is 0 Å². The number of esters is 1. The Morgan fingerprint density at radius 3 is 2.59 bits per heavy atom. The Morgan fingerprint density at radius 1 is 1.14 bits per heavy atom. The fourth-order valence-electron chi connectivity index (χ4n) is 3.68. The molecule has 0 N–H and O–H groups in total. The van der Waals surface area contributed by atoms with Crippen molar-refractivity contribution in [2.45, 2.75) is 19.3 Å². The lowest BCUT2D eigenvalue weighted by Crippen LogP contribution is -2.34. The SMILES string of the molecule is CCOC(=O)[C@H]1C(=O)C=C(c2ccc(OC)cc2OC)C[C@H]1c1cccc(F)c1. The average Bonchev–Trinajstić information content (AvgIpc) is 2.72. The van der Waals surface area contributed by atoms with Crippen molar-refractivity contribution in [1.82, 2.24) is 0 Å². The van der Waals surface area contributed by atoms with Crippen molar-refractivity contribution >= 4 is 17.3 Å². The first-order valence-electron chi connectivity index (χ1n) is 9.37. The van der Waals surface area contributed by atoms with Gasteiger partial charge in [-0.3, -0.25) is 9.59 Å². The summed E-state index contributed by atoms with van der Waals surface area (Å²) >= 11 is 0. The predicted molar refractivity (Wildman–Crippen MR) is 106 cm³/mol. The number of ketones is 1. The fraction of sp³-hybridized carbons (Fsp3) is 0.304. The molecule has 152 valence electrons. The molecule has 29 heavy (non-hydrogen) atoms. The molecule has 2 aromatic rings. The molecule has 0 heterocycles.